The zero-order chi connectivity index (χ0) is 28.2. The molecule has 0 saturated heterocycles. The van der Waals surface area contributed by atoms with Gasteiger partial charge in [-0.1, -0.05) is 90.0 Å². The van der Waals surface area contributed by atoms with Crippen LogP contribution in [0.25, 0.3) is 16.9 Å². The minimum Gasteiger partial charge on any atom is -0.493 e. The van der Waals surface area contributed by atoms with Crippen LogP contribution in [-0.2, 0) is 29.3 Å². The Bertz CT molecular complexity index is 1000. The Hall–Kier alpha value is -1.99. The van der Waals surface area contributed by atoms with Crippen LogP contribution >= 0.6 is 0 Å². The van der Waals surface area contributed by atoms with Crippen molar-refractivity contribution in [2.45, 2.75) is 118 Å². The van der Waals surface area contributed by atoms with Crippen molar-refractivity contribution >= 4 is 11.4 Å². The fraction of sp³-hybridized carbons (Fsp3) is 0.500. The molecule has 0 unspecified atom stereocenters. The summed E-state index contributed by atoms with van der Waals surface area (Å²) in [6.45, 7) is 16.7. The van der Waals surface area contributed by atoms with Gasteiger partial charge < -0.3 is 19.4 Å². The molecule has 3 heteroatoms. The van der Waals surface area contributed by atoms with E-state index in [1.54, 1.807) is 13.8 Å². The van der Waals surface area contributed by atoms with Crippen molar-refractivity contribution < 1.29 is 21.2 Å². The summed E-state index contributed by atoms with van der Waals surface area (Å²) in [5.41, 5.74) is 19.5. The molecule has 0 aromatic heterocycles. The quantitative estimate of drug-likeness (QED) is 0.0877. The molecule has 1 heterocycles. The summed E-state index contributed by atoms with van der Waals surface area (Å²) in [7, 11) is 0. The number of aryl methyl sites for hydroxylation is 2. The van der Waals surface area contributed by atoms with Crippen LogP contribution in [0.15, 0.2) is 60.2 Å². The first-order valence-electron chi connectivity index (χ1n) is 15.2. The number of nitrogens with zero attached hydrogens (tertiary/aromatic N) is 2. The van der Waals surface area contributed by atoms with Gasteiger partial charge in [-0.25, -0.2) is 4.70 Å². The molecule has 0 N–H and O–H groups in total. The SMILES string of the molecule is CCCCCCc1cccc(C2=CC(CCCC)=C(c3cccc(CCCCCC)c3)[N+]2=[N-])c1.[CH2-]C.[CH2-]C.[Ni+2]. The molecular weight excluding hydrogens is 519 g/mol. The first-order chi connectivity index (χ1) is 18.7. The van der Waals surface area contributed by atoms with Gasteiger partial charge in [-0.05, 0) is 73.9 Å². The summed E-state index contributed by atoms with van der Waals surface area (Å²) >= 11 is 0. The smallest absolute Gasteiger partial charge is 0.493 e. The van der Waals surface area contributed by atoms with Crippen LogP contribution < -0.4 is 0 Å². The number of benzene rings is 2. The van der Waals surface area contributed by atoms with Crippen molar-refractivity contribution in [1.29, 1.82) is 0 Å². The largest absolute Gasteiger partial charge is 2.00 e. The Morgan fingerprint density at radius 2 is 1.10 bits per heavy atom. The van der Waals surface area contributed by atoms with Crippen molar-refractivity contribution in [2.24, 2.45) is 0 Å². The van der Waals surface area contributed by atoms with Crippen LogP contribution in [0.5, 0.6) is 0 Å². The van der Waals surface area contributed by atoms with Gasteiger partial charge in [-0.3, -0.25) is 0 Å². The Morgan fingerprint density at radius 1 is 0.615 bits per heavy atom. The normalized spacial score (nSPS) is 12.2. The summed E-state index contributed by atoms with van der Waals surface area (Å²) < 4.78 is 1.46. The molecule has 0 bridgehead atoms. The average Bonchev–Trinajstić information content (AvgIpc) is 3.30. The molecule has 1 aliphatic rings. The van der Waals surface area contributed by atoms with Gasteiger partial charge in [0, 0.05) is 22.8 Å². The summed E-state index contributed by atoms with van der Waals surface area (Å²) in [4.78, 5) is 0. The molecule has 0 radical (unpaired) electrons. The maximum atomic E-state index is 11.4. The van der Waals surface area contributed by atoms with Crippen molar-refractivity contribution in [3.63, 3.8) is 0 Å². The molecule has 2 aromatic rings. The first kappa shape index (κ1) is 37.0. The molecule has 218 valence electrons. The van der Waals surface area contributed by atoms with Crippen LogP contribution in [0.1, 0.15) is 128 Å². The Balaban J connectivity index is 0.00000276. The average molecular weight is 574 g/mol. The molecule has 1 aliphatic heterocycles. The van der Waals surface area contributed by atoms with Crippen molar-refractivity contribution in [2.75, 3.05) is 0 Å². The van der Waals surface area contributed by atoms with E-state index in [1.807, 2.05) is 0 Å². The maximum absolute atomic E-state index is 11.4. The van der Waals surface area contributed by atoms with Gasteiger partial charge in [0.05, 0.1) is 0 Å². The predicted octanol–water partition coefficient (Wildman–Crippen LogP) is 11.6. The van der Waals surface area contributed by atoms with E-state index < -0.39 is 0 Å². The van der Waals surface area contributed by atoms with E-state index in [0.717, 1.165) is 54.6 Å². The van der Waals surface area contributed by atoms with Crippen LogP contribution in [0.3, 0.4) is 0 Å². The van der Waals surface area contributed by atoms with E-state index in [0.29, 0.717) is 0 Å². The van der Waals surface area contributed by atoms with Gasteiger partial charge >= 0.3 is 16.5 Å². The van der Waals surface area contributed by atoms with Crippen LogP contribution in [0.4, 0.5) is 0 Å². The number of allylic oxidation sites excluding steroid dienone is 2. The number of hydrogen-bond acceptors (Lipinski definition) is 0. The molecular formula is C36H54N2Ni. The van der Waals surface area contributed by atoms with E-state index in [2.05, 4.69) is 89.2 Å². The van der Waals surface area contributed by atoms with Crippen LogP contribution in [0.2, 0.25) is 0 Å². The molecule has 39 heavy (non-hydrogen) atoms. The monoisotopic (exact) mass is 572 g/mol. The fourth-order valence-electron chi connectivity index (χ4n) is 4.89. The second-order valence-corrected chi connectivity index (χ2v) is 9.84. The Kier molecular flexibility index (Phi) is 21.6. The molecule has 0 aliphatic carbocycles. The summed E-state index contributed by atoms with van der Waals surface area (Å²) in [6, 6.07) is 17.6. The third kappa shape index (κ3) is 12.4. The van der Waals surface area contributed by atoms with Gasteiger partial charge in [0.1, 0.15) is 0 Å². The molecule has 0 fully saturated rings. The van der Waals surface area contributed by atoms with Crippen molar-refractivity contribution in [3.05, 3.63) is 102 Å². The van der Waals surface area contributed by atoms with Gasteiger partial charge in [0.25, 0.3) is 0 Å². The zero-order valence-electron chi connectivity index (χ0n) is 25.5. The van der Waals surface area contributed by atoms with Crippen molar-refractivity contribution in [1.82, 2.24) is 0 Å². The molecule has 2 aromatic carbocycles. The summed E-state index contributed by atoms with van der Waals surface area (Å²) in [5.74, 6) is 0. The first-order valence-corrected chi connectivity index (χ1v) is 15.2. The number of rotatable bonds is 15. The molecule has 0 spiro atoms. The fourth-order valence-corrected chi connectivity index (χ4v) is 4.89. The molecule has 0 saturated carbocycles. The van der Waals surface area contributed by atoms with Crippen molar-refractivity contribution in [3.8, 4) is 0 Å². The van der Waals surface area contributed by atoms with Gasteiger partial charge in [0.15, 0.2) is 0 Å². The Morgan fingerprint density at radius 3 is 1.62 bits per heavy atom. The summed E-state index contributed by atoms with van der Waals surface area (Å²) in [6.07, 6.45) is 17.9. The Labute approximate surface area is 251 Å². The van der Waals surface area contributed by atoms with Gasteiger partial charge in [-0.2, -0.15) is 13.8 Å². The van der Waals surface area contributed by atoms with E-state index >= 15 is 0 Å². The van der Waals surface area contributed by atoms with E-state index in [1.165, 1.54) is 72.8 Å². The minimum absolute atomic E-state index is 0. The number of hydrogen-bond donors (Lipinski definition) is 0. The minimum atomic E-state index is 0. The zero-order valence-corrected chi connectivity index (χ0v) is 26.5. The van der Waals surface area contributed by atoms with E-state index in [-0.39, 0.29) is 16.5 Å². The molecule has 0 atom stereocenters. The number of unbranched alkanes of at least 4 members (excludes halogenated alkanes) is 7. The standard InChI is InChI=1S/C32H44N2.2C2H5.Ni/c1-4-7-10-12-16-26-18-14-21-28(23-26)31-25-30(20-9-6-3)32(34(31)33)29-22-15-19-27(24-29)17-13-11-8-5-2;2*1-2;/h14-15,18-19,21-25H,4-13,16-17,20H2,1-3H3;2*1H2,2H3;/q;2*-1;+2. The van der Waals surface area contributed by atoms with Crippen LogP contribution in [0, 0.1) is 13.8 Å². The third-order valence-electron chi connectivity index (χ3n) is 6.92. The molecule has 3 rings (SSSR count). The topological polar surface area (TPSA) is 25.3 Å². The molecule has 2 nitrogen and oxygen atoms in total. The maximum Gasteiger partial charge on any atom is 2.00 e. The van der Waals surface area contributed by atoms with Gasteiger partial charge in [-0.15, -0.1) is 0 Å². The third-order valence-corrected chi connectivity index (χ3v) is 6.92. The summed E-state index contributed by atoms with van der Waals surface area (Å²) in [5, 5.41) is 0. The second-order valence-electron chi connectivity index (χ2n) is 9.84. The van der Waals surface area contributed by atoms with E-state index in [9.17, 15) is 5.53 Å². The predicted molar refractivity (Wildman–Crippen MR) is 169 cm³/mol. The molecule has 0 amide bonds. The second kappa shape index (κ2) is 22.8. The van der Waals surface area contributed by atoms with E-state index in [4.69, 9.17) is 0 Å². The van der Waals surface area contributed by atoms with Gasteiger partial charge in [0.2, 0.25) is 11.4 Å². The van der Waals surface area contributed by atoms with Crippen LogP contribution in [-0.4, -0.2) is 4.70 Å².